The Bertz CT molecular complexity index is 386. The zero-order chi connectivity index (χ0) is 12.3. The first-order valence-corrected chi connectivity index (χ1v) is 4.93. The molecule has 0 aliphatic heterocycles. The van der Waals surface area contributed by atoms with Crippen molar-refractivity contribution in [1.82, 2.24) is 0 Å². The maximum Gasteiger partial charge on any atom is 0.416 e. The number of benzene rings is 1. The molecule has 1 rings (SSSR count). The van der Waals surface area contributed by atoms with Crippen LogP contribution in [0, 0.1) is 17.2 Å². The molecule has 2 unspecified atom stereocenters. The summed E-state index contributed by atoms with van der Waals surface area (Å²) in [5, 5.41) is 8.72. The maximum absolute atomic E-state index is 12.3. The molecule has 0 fully saturated rings. The summed E-state index contributed by atoms with van der Waals surface area (Å²) in [5.41, 5.74) is 0.0927. The van der Waals surface area contributed by atoms with Gasteiger partial charge in [0.2, 0.25) is 0 Å². The molecular formula is C12H12F3N. The van der Waals surface area contributed by atoms with Crippen molar-refractivity contribution >= 4 is 0 Å². The Labute approximate surface area is 92.5 Å². The summed E-state index contributed by atoms with van der Waals surface area (Å²) < 4.78 is 36.9. The standard InChI is InChI=1S/C12H12F3N/c1-8(7-16)9(2)10-3-5-11(6-4-10)12(13,14)15/h3-6,8-9H,1-2H3. The van der Waals surface area contributed by atoms with Gasteiger partial charge in [-0.25, -0.2) is 0 Å². The second kappa shape index (κ2) is 4.56. The molecule has 0 aliphatic rings. The van der Waals surface area contributed by atoms with Crippen molar-refractivity contribution in [2.24, 2.45) is 5.92 Å². The molecular weight excluding hydrogens is 215 g/mol. The van der Waals surface area contributed by atoms with E-state index in [1.54, 1.807) is 6.92 Å². The number of alkyl halides is 3. The van der Waals surface area contributed by atoms with Crippen molar-refractivity contribution in [2.75, 3.05) is 0 Å². The number of hydrogen-bond acceptors (Lipinski definition) is 1. The first-order chi connectivity index (χ1) is 7.36. The fourth-order valence-electron chi connectivity index (χ4n) is 1.38. The lowest BCUT2D eigenvalue weighted by Gasteiger charge is -2.14. The van der Waals surface area contributed by atoms with Gasteiger partial charge in [-0.05, 0) is 30.5 Å². The number of nitriles is 1. The van der Waals surface area contributed by atoms with Gasteiger partial charge in [0.1, 0.15) is 0 Å². The van der Waals surface area contributed by atoms with Crippen LogP contribution in [0.2, 0.25) is 0 Å². The van der Waals surface area contributed by atoms with E-state index < -0.39 is 11.7 Å². The van der Waals surface area contributed by atoms with Crippen LogP contribution in [0.3, 0.4) is 0 Å². The predicted octanol–water partition coefficient (Wildman–Crippen LogP) is 3.97. The molecule has 4 heteroatoms. The summed E-state index contributed by atoms with van der Waals surface area (Å²) in [7, 11) is 0. The number of hydrogen-bond donors (Lipinski definition) is 0. The summed E-state index contributed by atoms with van der Waals surface area (Å²) in [6, 6.07) is 7.05. The van der Waals surface area contributed by atoms with Gasteiger partial charge < -0.3 is 0 Å². The van der Waals surface area contributed by atoms with Crippen LogP contribution in [0.4, 0.5) is 13.2 Å². The first kappa shape index (κ1) is 12.6. The van der Waals surface area contributed by atoms with E-state index in [-0.39, 0.29) is 11.8 Å². The van der Waals surface area contributed by atoms with E-state index in [0.29, 0.717) is 0 Å². The van der Waals surface area contributed by atoms with Crippen LogP contribution >= 0.6 is 0 Å². The van der Waals surface area contributed by atoms with Gasteiger partial charge in [0.25, 0.3) is 0 Å². The summed E-state index contributed by atoms with van der Waals surface area (Å²) in [6.07, 6.45) is -4.30. The molecule has 1 aromatic carbocycles. The smallest absolute Gasteiger partial charge is 0.198 e. The van der Waals surface area contributed by atoms with Gasteiger partial charge >= 0.3 is 6.18 Å². The predicted molar refractivity (Wildman–Crippen MR) is 54.6 cm³/mol. The molecule has 16 heavy (non-hydrogen) atoms. The number of nitrogens with zero attached hydrogens (tertiary/aromatic N) is 1. The highest BCUT2D eigenvalue weighted by atomic mass is 19.4. The van der Waals surface area contributed by atoms with Crippen LogP contribution in [-0.2, 0) is 6.18 Å². The Morgan fingerprint density at radius 2 is 1.62 bits per heavy atom. The highest BCUT2D eigenvalue weighted by molar-refractivity contribution is 5.27. The third-order valence-corrected chi connectivity index (χ3v) is 2.72. The molecule has 0 radical (unpaired) electrons. The minimum atomic E-state index is -4.30. The molecule has 0 saturated heterocycles. The lowest BCUT2D eigenvalue weighted by molar-refractivity contribution is -0.137. The molecule has 0 spiro atoms. The number of halogens is 3. The fourth-order valence-corrected chi connectivity index (χ4v) is 1.38. The molecule has 1 nitrogen and oxygen atoms in total. The molecule has 86 valence electrons. The SMILES string of the molecule is CC(C#N)C(C)c1ccc(C(F)(F)F)cc1. The van der Waals surface area contributed by atoms with Crippen LogP contribution in [0.15, 0.2) is 24.3 Å². The van der Waals surface area contributed by atoms with Gasteiger partial charge in [0, 0.05) is 0 Å². The normalized spacial score (nSPS) is 15.2. The molecule has 0 aliphatic carbocycles. The summed E-state index contributed by atoms with van der Waals surface area (Å²) >= 11 is 0. The lowest BCUT2D eigenvalue weighted by Crippen LogP contribution is -2.07. The average molecular weight is 227 g/mol. The maximum atomic E-state index is 12.3. The molecule has 1 aromatic rings. The third kappa shape index (κ3) is 2.75. The van der Waals surface area contributed by atoms with Crippen molar-refractivity contribution in [3.8, 4) is 6.07 Å². The Morgan fingerprint density at radius 1 is 1.12 bits per heavy atom. The van der Waals surface area contributed by atoms with Crippen molar-refractivity contribution in [3.63, 3.8) is 0 Å². The van der Waals surface area contributed by atoms with E-state index in [4.69, 9.17) is 5.26 Å². The van der Waals surface area contributed by atoms with E-state index >= 15 is 0 Å². The molecule has 0 N–H and O–H groups in total. The van der Waals surface area contributed by atoms with Gasteiger partial charge in [-0.1, -0.05) is 19.1 Å². The van der Waals surface area contributed by atoms with Crippen LogP contribution in [0.1, 0.15) is 30.9 Å². The topological polar surface area (TPSA) is 23.8 Å². The minimum Gasteiger partial charge on any atom is -0.198 e. The molecule has 2 atom stereocenters. The molecule has 0 aromatic heterocycles. The second-order valence-corrected chi connectivity index (χ2v) is 3.83. The highest BCUT2D eigenvalue weighted by Gasteiger charge is 2.30. The Hall–Kier alpha value is -1.50. The van der Waals surface area contributed by atoms with Crippen molar-refractivity contribution in [1.29, 1.82) is 5.26 Å². The largest absolute Gasteiger partial charge is 0.416 e. The van der Waals surface area contributed by atoms with Crippen LogP contribution in [-0.4, -0.2) is 0 Å². The van der Waals surface area contributed by atoms with Crippen molar-refractivity contribution < 1.29 is 13.2 Å². The molecule has 0 heterocycles. The fraction of sp³-hybridized carbons (Fsp3) is 0.417. The summed E-state index contributed by atoms with van der Waals surface area (Å²) in [6.45, 7) is 3.58. The Kier molecular flexibility index (Phi) is 3.58. The van der Waals surface area contributed by atoms with E-state index in [1.807, 2.05) is 6.92 Å². The molecule has 0 saturated carbocycles. The van der Waals surface area contributed by atoms with E-state index in [0.717, 1.165) is 17.7 Å². The number of rotatable bonds is 2. The monoisotopic (exact) mass is 227 g/mol. The van der Waals surface area contributed by atoms with Gasteiger partial charge in [0.05, 0.1) is 17.6 Å². The van der Waals surface area contributed by atoms with Gasteiger partial charge in [-0.2, -0.15) is 18.4 Å². The first-order valence-electron chi connectivity index (χ1n) is 4.93. The quantitative estimate of drug-likeness (QED) is 0.749. The molecule has 0 bridgehead atoms. The average Bonchev–Trinajstić information content (AvgIpc) is 2.26. The van der Waals surface area contributed by atoms with Gasteiger partial charge in [-0.15, -0.1) is 0 Å². The zero-order valence-electron chi connectivity index (χ0n) is 9.05. The molecule has 0 amide bonds. The third-order valence-electron chi connectivity index (χ3n) is 2.72. The minimum absolute atomic E-state index is 0.0627. The summed E-state index contributed by atoms with van der Waals surface area (Å²) in [4.78, 5) is 0. The Morgan fingerprint density at radius 3 is 2.00 bits per heavy atom. The van der Waals surface area contributed by atoms with Gasteiger partial charge in [-0.3, -0.25) is 0 Å². The highest BCUT2D eigenvalue weighted by Crippen LogP contribution is 2.31. The second-order valence-electron chi connectivity index (χ2n) is 3.83. The van der Waals surface area contributed by atoms with Crippen LogP contribution < -0.4 is 0 Å². The van der Waals surface area contributed by atoms with E-state index in [1.165, 1.54) is 12.1 Å². The lowest BCUT2D eigenvalue weighted by atomic mass is 9.89. The Balaban J connectivity index is 2.92. The zero-order valence-corrected chi connectivity index (χ0v) is 9.05. The van der Waals surface area contributed by atoms with E-state index in [9.17, 15) is 13.2 Å². The summed E-state index contributed by atoms with van der Waals surface area (Å²) in [5.74, 6) is -0.274. The van der Waals surface area contributed by atoms with Gasteiger partial charge in [0.15, 0.2) is 0 Å². The van der Waals surface area contributed by atoms with Crippen molar-refractivity contribution in [2.45, 2.75) is 25.9 Å². The van der Waals surface area contributed by atoms with Crippen LogP contribution in [0.5, 0.6) is 0 Å². The van der Waals surface area contributed by atoms with Crippen molar-refractivity contribution in [3.05, 3.63) is 35.4 Å². The van der Waals surface area contributed by atoms with Crippen LogP contribution in [0.25, 0.3) is 0 Å². The van der Waals surface area contributed by atoms with E-state index in [2.05, 4.69) is 6.07 Å².